The van der Waals surface area contributed by atoms with Crippen LogP contribution < -0.4 is 10.3 Å². The van der Waals surface area contributed by atoms with Crippen LogP contribution >= 0.6 is 0 Å². The first-order chi connectivity index (χ1) is 12.8. The second kappa shape index (κ2) is 6.64. The Morgan fingerprint density at radius 1 is 0.846 bits per heavy atom. The van der Waals surface area contributed by atoms with Gasteiger partial charge in [-0.25, -0.2) is 0 Å². The lowest BCUT2D eigenvalue weighted by Crippen LogP contribution is -2.20. The molecule has 0 aliphatic carbocycles. The number of carbonyl (C=O) groups excluding carboxylic acids is 1. The minimum Gasteiger partial charge on any atom is -0.438 e. The standard InChI is InChI=1S/C21H14N2O3/c24-14-18-20(22-19-8-4-5-13-23(19)21(18)25)26-17-11-9-16(10-12-17)15-6-2-1-3-7-15/h1-14H. The summed E-state index contributed by atoms with van der Waals surface area (Å²) in [5.41, 5.74) is 1.98. The van der Waals surface area contributed by atoms with Crippen molar-refractivity contribution in [1.29, 1.82) is 0 Å². The van der Waals surface area contributed by atoms with Gasteiger partial charge in [0.2, 0.25) is 5.88 Å². The number of rotatable bonds is 4. The van der Waals surface area contributed by atoms with Crippen LogP contribution in [0.5, 0.6) is 11.6 Å². The van der Waals surface area contributed by atoms with Gasteiger partial charge in [0, 0.05) is 6.20 Å². The topological polar surface area (TPSA) is 60.7 Å². The Morgan fingerprint density at radius 2 is 1.54 bits per heavy atom. The zero-order chi connectivity index (χ0) is 17.9. The second-order valence-electron chi connectivity index (χ2n) is 5.67. The Hall–Kier alpha value is -3.73. The van der Waals surface area contributed by atoms with Gasteiger partial charge in [0.15, 0.2) is 6.29 Å². The number of aldehydes is 1. The molecule has 0 aliphatic rings. The van der Waals surface area contributed by atoms with Gasteiger partial charge in [-0.3, -0.25) is 14.0 Å². The van der Waals surface area contributed by atoms with Crippen LogP contribution in [0.4, 0.5) is 0 Å². The van der Waals surface area contributed by atoms with Crippen molar-refractivity contribution in [1.82, 2.24) is 9.38 Å². The predicted octanol–water partition coefficient (Wildman–Crippen LogP) is 3.97. The highest BCUT2D eigenvalue weighted by Crippen LogP contribution is 2.25. The first kappa shape index (κ1) is 15.8. The van der Waals surface area contributed by atoms with E-state index in [9.17, 15) is 9.59 Å². The van der Waals surface area contributed by atoms with E-state index in [-0.39, 0.29) is 11.4 Å². The molecule has 0 bridgehead atoms. The minimum atomic E-state index is -0.457. The molecule has 0 saturated heterocycles. The lowest BCUT2D eigenvalue weighted by molar-refractivity contribution is 0.111. The number of hydrogen-bond acceptors (Lipinski definition) is 4. The lowest BCUT2D eigenvalue weighted by Gasteiger charge is -2.09. The van der Waals surface area contributed by atoms with Gasteiger partial charge in [0.05, 0.1) is 0 Å². The van der Waals surface area contributed by atoms with E-state index in [0.717, 1.165) is 11.1 Å². The van der Waals surface area contributed by atoms with E-state index in [4.69, 9.17) is 4.74 Å². The maximum atomic E-state index is 12.4. The van der Waals surface area contributed by atoms with Crippen LogP contribution in [0.25, 0.3) is 16.8 Å². The SMILES string of the molecule is O=Cc1c(Oc2ccc(-c3ccccc3)cc2)nc2ccccn2c1=O. The van der Waals surface area contributed by atoms with Gasteiger partial charge < -0.3 is 4.74 Å². The Kier molecular flexibility index (Phi) is 4.03. The van der Waals surface area contributed by atoms with Crippen LogP contribution in [0.1, 0.15) is 10.4 Å². The minimum absolute atomic E-state index is 0.00339. The largest absolute Gasteiger partial charge is 0.438 e. The van der Waals surface area contributed by atoms with Crippen molar-refractivity contribution in [2.75, 3.05) is 0 Å². The van der Waals surface area contributed by atoms with Crippen LogP contribution in [-0.2, 0) is 0 Å². The molecule has 2 aromatic carbocycles. The Balaban J connectivity index is 1.71. The lowest BCUT2D eigenvalue weighted by atomic mass is 10.1. The summed E-state index contributed by atoms with van der Waals surface area (Å²) in [5.74, 6) is 0.503. The van der Waals surface area contributed by atoms with E-state index in [2.05, 4.69) is 4.98 Å². The molecule has 0 N–H and O–H groups in total. The van der Waals surface area contributed by atoms with Crippen LogP contribution in [-0.4, -0.2) is 15.7 Å². The summed E-state index contributed by atoms with van der Waals surface area (Å²) in [7, 11) is 0. The van der Waals surface area contributed by atoms with Crippen LogP contribution in [0.2, 0.25) is 0 Å². The van der Waals surface area contributed by atoms with E-state index in [1.807, 2.05) is 42.5 Å². The maximum absolute atomic E-state index is 12.4. The van der Waals surface area contributed by atoms with E-state index >= 15 is 0 Å². The average molecular weight is 342 g/mol. The first-order valence-electron chi connectivity index (χ1n) is 8.06. The number of fused-ring (bicyclic) bond motifs is 1. The van der Waals surface area contributed by atoms with Crippen molar-refractivity contribution < 1.29 is 9.53 Å². The van der Waals surface area contributed by atoms with Crippen molar-refractivity contribution >= 4 is 11.9 Å². The molecule has 2 aromatic heterocycles. The van der Waals surface area contributed by atoms with Crippen molar-refractivity contribution in [2.45, 2.75) is 0 Å². The maximum Gasteiger partial charge on any atom is 0.272 e. The summed E-state index contributed by atoms with van der Waals surface area (Å²) in [6, 6.07) is 22.5. The number of nitrogens with zero attached hydrogens (tertiary/aromatic N) is 2. The summed E-state index contributed by atoms with van der Waals surface area (Å²) in [6.45, 7) is 0. The number of ether oxygens (including phenoxy) is 1. The molecule has 0 amide bonds. The molecule has 0 spiro atoms. The molecule has 4 aromatic rings. The molecule has 0 aliphatic heterocycles. The van der Waals surface area contributed by atoms with Crippen LogP contribution in [0.3, 0.4) is 0 Å². The zero-order valence-corrected chi connectivity index (χ0v) is 13.7. The van der Waals surface area contributed by atoms with Crippen molar-refractivity contribution in [3.63, 3.8) is 0 Å². The van der Waals surface area contributed by atoms with E-state index in [1.165, 1.54) is 4.40 Å². The highest BCUT2D eigenvalue weighted by atomic mass is 16.5. The third-order valence-corrected chi connectivity index (χ3v) is 4.03. The summed E-state index contributed by atoms with van der Waals surface area (Å²) in [5, 5.41) is 0. The third-order valence-electron chi connectivity index (χ3n) is 4.03. The zero-order valence-electron chi connectivity index (χ0n) is 13.7. The summed E-state index contributed by atoms with van der Waals surface area (Å²) < 4.78 is 7.04. The number of pyridine rings is 1. The monoisotopic (exact) mass is 342 g/mol. The summed E-state index contributed by atoms with van der Waals surface area (Å²) in [4.78, 5) is 28.1. The molecule has 0 saturated carbocycles. The van der Waals surface area contributed by atoms with E-state index < -0.39 is 5.56 Å². The summed E-state index contributed by atoms with van der Waals surface area (Å²) in [6.07, 6.45) is 2.04. The highest BCUT2D eigenvalue weighted by molar-refractivity contribution is 5.78. The van der Waals surface area contributed by atoms with Gasteiger partial charge in [-0.05, 0) is 35.4 Å². The fraction of sp³-hybridized carbons (Fsp3) is 0. The molecular formula is C21H14N2O3. The van der Waals surface area contributed by atoms with Crippen molar-refractivity contribution in [2.24, 2.45) is 0 Å². The van der Waals surface area contributed by atoms with Crippen LogP contribution in [0.15, 0.2) is 83.8 Å². The molecule has 0 radical (unpaired) electrons. The van der Waals surface area contributed by atoms with Gasteiger partial charge >= 0.3 is 0 Å². The van der Waals surface area contributed by atoms with Crippen LogP contribution in [0, 0.1) is 0 Å². The first-order valence-corrected chi connectivity index (χ1v) is 8.06. The molecular weight excluding hydrogens is 328 g/mol. The fourth-order valence-corrected chi connectivity index (χ4v) is 2.72. The molecule has 2 heterocycles. The normalized spacial score (nSPS) is 10.6. The number of carbonyl (C=O) groups is 1. The van der Waals surface area contributed by atoms with E-state index in [0.29, 0.717) is 17.7 Å². The Morgan fingerprint density at radius 3 is 2.27 bits per heavy atom. The molecule has 5 heteroatoms. The number of hydrogen-bond donors (Lipinski definition) is 0. The Labute approximate surface area is 149 Å². The van der Waals surface area contributed by atoms with Gasteiger partial charge in [-0.2, -0.15) is 4.98 Å². The predicted molar refractivity (Wildman–Crippen MR) is 98.8 cm³/mol. The summed E-state index contributed by atoms with van der Waals surface area (Å²) >= 11 is 0. The van der Waals surface area contributed by atoms with Crippen molar-refractivity contribution in [3.05, 3.63) is 94.9 Å². The fourth-order valence-electron chi connectivity index (χ4n) is 2.72. The molecule has 5 nitrogen and oxygen atoms in total. The second-order valence-corrected chi connectivity index (χ2v) is 5.67. The smallest absolute Gasteiger partial charge is 0.272 e. The molecule has 4 rings (SSSR count). The average Bonchev–Trinajstić information content (AvgIpc) is 2.70. The molecule has 0 unspecified atom stereocenters. The third kappa shape index (κ3) is 2.86. The highest BCUT2D eigenvalue weighted by Gasteiger charge is 2.14. The Bertz CT molecular complexity index is 1130. The van der Waals surface area contributed by atoms with Gasteiger partial charge in [0.25, 0.3) is 5.56 Å². The quantitative estimate of drug-likeness (QED) is 0.527. The molecule has 0 fully saturated rings. The molecule has 0 atom stereocenters. The molecule has 26 heavy (non-hydrogen) atoms. The van der Waals surface area contributed by atoms with Gasteiger partial charge in [0.1, 0.15) is 17.0 Å². The van der Waals surface area contributed by atoms with Crippen molar-refractivity contribution in [3.8, 4) is 22.8 Å². The van der Waals surface area contributed by atoms with E-state index in [1.54, 1.807) is 36.5 Å². The molecule has 126 valence electrons. The number of benzene rings is 2. The van der Waals surface area contributed by atoms with Gasteiger partial charge in [-0.1, -0.05) is 48.5 Å². The number of aromatic nitrogens is 2. The van der Waals surface area contributed by atoms with Gasteiger partial charge in [-0.15, -0.1) is 0 Å².